The fourth-order valence-corrected chi connectivity index (χ4v) is 2.84. The molecule has 7 heteroatoms. The van der Waals surface area contributed by atoms with Crippen molar-refractivity contribution in [2.24, 2.45) is 0 Å². The highest BCUT2D eigenvalue weighted by molar-refractivity contribution is 5.88. The number of anilines is 1. The van der Waals surface area contributed by atoms with Gasteiger partial charge in [0.05, 0.1) is 12.1 Å². The predicted octanol–water partition coefficient (Wildman–Crippen LogP) is 2.19. The van der Waals surface area contributed by atoms with Crippen LogP contribution in [0.25, 0.3) is 11.1 Å². The molecule has 0 saturated carbocycles. The van der Waals surface area contributed by atoms with Crippen molar-refractivity contribution >= 4 is 22.9 Å². The second-order valence-corrected chi connectivity index (χ2v) is 5.57. The van der Waals surface area contributed by atoms with Gasteiger partial charge in [-0.2, -0.15) is 4.98 Å². The van der Waals surface area contributed by atoms with Crippen LogP contribution in [0.15, 0.2) is 4.52 Å². The van der Waals surface area contributed by atoms with E-state index in [0.29, 0.717) is 18.0 Å². The molecule has 0 aromatic carbocycles. The first-order valence-electron chi connectivity index (χ1n) is 7.81. The zero-order valence-electron chi connectivity index (χ0n) is 12.7. The number of hydrogen-bond acceptors (Lipinski definition) is 6. The molecular weight excluding hydrogens is 284 g/mol. The minimum absolute atomic E-state index is 0.0136. The van der Waals surface area contributed by atoms with Crippen LogP contribution in [0, 0.1) is 0 Å². The normalized spacial score (nSPS) is 15.4. The molecule has 0 bridgehead atoms. The van der Waals surface area contributed by atoms with E-state index in [4.69, 9.17) is 9.63 Å². The molecule has 0 atom stereocenters. The molecule has 22 heavy (non-hydrogen) atoms. The quantitative estimate of drug-likeness (QED) is 0.905. The Labute approximate surface area is 128 Å². The van der Waals surface area contributed by atoms with Gasteiger partial charge in [0.2, 0.25) is 0 Å². The number of carboxylic acid groups (broad SMARTS) is 1. The lowest BCUT2D eigenvalue weighted by Gasteiger charge is -2.28. The minimum Gasteiger partial charge on any atom is -0.481 e. The summed E-state index contributed by atoms with van der Waals surface area (Å²) in [6.45, 7) is 3.94. The largest absolute Gasteiger partial charge is 0.481 e. The number of carbonyl (C=O) groups is 1. The van der Waals surface area contributed by atoms with Crippen molar-refractivity contribution in [1.29, 1.82) is 0 Å². The van der Waals surface area contributed by atoms with E-state index in [-0.39, 0.29) is 6.42 Å². The summed E-state index contributed by atoms with van der Waals surface area (Å²) in [7, 11) is 0. The number of nitrogens with zero attached hydrogens (tertiary/aromatic N) is 4. The van der Waals surface area contributed by atoms with Crippen molar-refractivity contribution in [3.05, 3.63) is 11.5 Å². The molecule has 1 aliphatic rings. The van der Waals surface area contributed by atoms with Gasteiger partial charge in [-0.15, -0.1) is 0 Å². The Kier molecular flexibility index (Phi) is 4.22. The molecule has 1 N–H and O–H groups in total. The molecule has 0 amide bonds. The molecule has 3 heterocycles. The first-order valence-corrected chi connectivity index (χ1v) is 7.81. The number of aromatic nitrogens is 3. The molecule has 118 valence electrons. The number of carboxylic acids is 1. The van der Waals surface area contributed by atoms with Crippen LogP contribution in [0.1, 0.15) is 44.1 Å². The summed E-state index contributed by atoms with van der Waals surface area (Å²) in [5, 5.41) is 13.8. The van der Waals surface area contributed by atoms with E-state index < -0.39 is 5.97 Å². The van der Waals surface area contributed by atoms with Crippen molar-refractivity contribution < 1.29 is 14.4 Å². The Morgan fingerprint density at radius 1 is 1.27 bits per heavy atom. The van der Waals surface area contributed by atoms with Crippen LogP contribution in [-0.2, 0) is 17.6 Å². The second kappa shape index (κ2) is 6.29. The molecule has 0 radical (unpaired) electrons. The average Bonchev–Trinajstić information content (AvgIpc) is 2.96. The molecule has 1 fully saturated rings. The summed E-state index contributed by atoms with van der Waals surface area (Å²) in [5.41, 5.74) is 1.33. The van der Waals surface area contributed by atoms with Crippen LogP contribution in [-0.4, -0.2) is 39.3 Å². The summed E-state index contributed by atoms with van der Waals surface area (Å²) in [6.07, 6.45) is 4.59. The van der Waals surface area contributed by atoms with Gasteiger partial charge in [-0.05, 0) is 25.7 Å². The summed E-state index contributed by atoms with van der Waals surface area (Å²) in [6, 6.07) is 0. The van der Waals surface area contributed by atoms with Gasteiger partial charge in [-0.25, -0.2) is 4.98 Å². The number of piperidine rings is 1. The van der Waals surface area contributed by atoms with Crippen LogP contribution < -0.4 is 4.90 Å². The smallest absolute Gasteiger partial charge is 0.303 e. The van der Waals surface area contributed by atoms with Gasteiger partial charge in [-0.1, -0.05) is 12.1 Å². The van der Waals surface area contributed by atoms with Crippen LogP contribution in [0.3, 0.4) is 0 Å². The van der Waals surface area contributed by atoms with E-state index in [1.807, 2.05) is 6.92 Å². The number of fused-ring (bicyclic) bond motifs is 1. The average molecular weight is 304 g/mol. The SMILES string of the molecule is CCc1noc2nc(CCC(=O)O)nc(N3CCCCC3)c12. The topological polar surface area (TPSA) is 92.3 Å². The number of aliphatic carboxylic acids is 1. The molecule has 1 aliphatic heterocycles. The lowest BCUT2D eigenvalue weighted by atomic mass is 10.1. The summed E-state index contributed by atoms with van der Waals surface area (Å²) in [4.78, 5) is 22.0. The first-order chi connectivity index (χ1) is 10.7. The Morgan fingerprint density at radius 2 is 2.05 bits per heavy atom. The number of aryl methyl sites for hydroxylation is 2. The molecule has 1 saturated heterocycles. The Morgan fingerprint density at radius 3 is 2.73 bits per heavy atom. The molecule has 7 nitrogen and oxygen atoms in total. The Hall–Kier alpha value is -2.18. The van der Waals surface area contributed by atoms with Gasteiger partial charge in [0.1, 0.15) is 17.0 Å². The van der Waals surface area contributed by atoms with Crippen molar-refractivity contribution in [2.75, 3.05) is 18.0 Å². The van der Waals surface area contributed by atoms with E-state index in [2.05, 4.69) is 20.0 Å². The van der Waals surface area contributed by atoms with Crippen molar-refractivity contribution in [1.82, 2.24) is 15.1 Å². The molecule has 0 unspecified atom stereocenters. The maximum Gasteiger partial charge on any atom is 0.303 e. The lowest BCUT2D eigenvalue weighted by molar-refractivity contribution is -0.137. The highest BCUT2D eigenvalue weighted by Gasteiger charge is 2.22. The van der Waals surface area contributed by atoms with Gasteiger partial charge < -0.3 is 14.5 Å². The van der Waals surface area contributed by atoms with Crippen molar-refractivity contribution in [3.63, 3.8) is 0 Å². The van der Waals surface area contributed by atoms with E-state index in [9.17, 15) is 4.79 Å². The molecular formula is C15H20N4O3. The van der Waals surface area contributed by atoms with Crippen LogP contribution in [0.4, 0.5) is 5.82 Å². The van der Waals surface area contributed by atoms with E-state index in [1.54, 1.807) is 0 Å². The van der Waals surface area contributed by atoms with Gasteiger partial charge in [-0.3, -0.25) is 4.79 Å². The fraction of sp³-hybridized carbons (Fsp3) is 0.600. The zero-order chi connectivity index (χ0) is 15.5. The Balaban J connectivity index is 2.03. The fourth-order valence-electron chi connectivity index (χ4n) is 2.84. The molecule has 0 aliphatic carbocycles. The summed E-state index contributed by atoms with van der Waals surface area (Å²) in [5.74, 6) is 0.507. The lowest BCUT2D eigenvalue weighted by Crippen LogP contribution is -2.30. The third-order valence-electron chi connectivity index (χ3n) is 3.99. The third-order valence-corrected chi connectivity index (χ3v) is 3.99. The van der Waals surface area contributed by atoms with Gasteiger partial charge in [0, 0.05) is 19.5 Å². The van der Waals surface area contributed by atoms with E-state index >= 15 is 0 Å². The maximum absolute atomic E-state index is 10.8. The number of rotatable bonds is 5. The number of hydrogen-bond donors (Lipinski definition) is 1. The third kappa shape index (κ3) is 2.88. The Bertz CT molecular complexity index is 677. The van der Waals surface area contributed by atoms with Crippen molar-refractivity contribution in [3.8, 4) is 0 Å². The highest BCUT2D eigenvalue weighted by Crippen LogP contribution is 2.29. The monoisotopic (exact) mass is 304 g/mol. The van der Waals surface area contributed by atoms with Gasteiger partial charge in [0.25, 0.3) is 5.71 Å². The predicted molar refractivity (Wildman–Crippen MR) is 81.0 cm³/mol. The van der Waals surface area contributed by atoms with E-state index in [0.717, 1.165) is 49.2 Å². The van der Waals surface area contributed by atoms with Crippen LogP contribution in [0.5, 0.6) is 0 Å². The second-order valence-electron chi connectivity index (χ2n) is 5.57. The molecule has 2 aromatic heterocycles. The first kappa shape index (κ1) is 14.7. The highest BCUT2D eigenvalue weighted by atomic mass is 16.5. The standard InChI is InChI=1S/C15H20N4O3/c1-2-10-13-14(19-8-4-3-5-9-19)16-11(6-7-12(20)21)17-15(13)22-18-10/h2-9H2,1H3,(H,20,21). The molecule has 0 spiro atoms. The van der Waals surface area contributed by atoms with Gasteiger partial charge in [0.15, 0.2) is 0 Å². The van der Waals surface area contributed by atoms with Crippen LogP contribution >= 0.6 is 0 Å². The zero-order valence-corrected chi connectivity index (χ0v) is 12.7. The van der Waals surface area contributed by atoms with Crippen molar-refractivity contribution in [2.45, 2.75) is 45.4 Å². The molecule has 3 rings (SSSR count). The summed E-state index contributed by atoms with van der Waals surface area (Å²) < 4.78 is 5.34. The van der Waals surface area contributed by atoms with Gasteiger partial charge >= 0.3 is 5.97 Å². The van der Waals surface area contributed by atoms with Crippen LogP contribution in [0.2, 0.25) is 0 Å². The molecule has 2 aromatic rings. The maximum atomic E-state index is 10.8. The van der Waals surface area contributed by atoms with E-state index in [1.165, 1.54) is 6.42 Å². The minimum atomic E-state index is -0.852. The summed E-state index contributed by atoms with van der Waals surface area (Å²) >= 11 is 0.